The zero-order chi connectivity index (χ0) is 22.7. The van der Waals surface area contributed by atoms with E-state index in [0.717, 1.165) is 41.8 Å². The van der Waals surface area contributed by atoms with Gasteiger partial charge in [0.1, 0.15) is 12.4 Å². The van der Waals surface area contributed by atoms with Crippen LogP contribution in [0.3, 0.4) is 0 Å². The molecule has 0 spiro atoms. The van der Waals surface area contributed by atoms with Gasteiger partial charge in [-0.2, -0.15) is 0 Å². The fraction of sp³-hybridized carbons (Fsp3) is 0.172. The third-order valence-electron chi connectivity index (χ3n) is 5.42. The number of hydrogen-bond donors (Lipinski definition) is 1. The fourth-order valence-electron chi connectivity index (χ4n) is 3.77. The Hall–Kier alpha value is -3.92. The van der Waals surface area contributed by atoms with Gasteiger partial charge in [-0.05, 0) is 65.8 Å². The summed E-state index contributed by atoms with van der Waals surface area (Å²) in [5, 5.41) is 2.99. The number of anilines is 1. The minimum absolute atomic E-state index is 0.0374. The van der Waals surface area contributed by atoms with Crippen molar-refractivity contribution < 1.29 is 9.53 Å². The molecule has 4 aromatic rings. The number of ether oxygens (including phenoxy) is 1. The maximum absolute atomic E-state index is 12.3. The number of amides is 1. The lowest BCUT2D eigenvalue weighted by molar-refractivity contribution is -0.115. The van der Waals surface area contributed by atoms with Gasteiger partial charge in [0.25, 0.3) is 0 Å². The molecule has 0 aliphatic heterocycles. The van der Waals surface area contributed by atoms with E-state index in [1.54, 1.807) is 12.4 Å². The highest BCUT2D eigenvalue weighted by Gasteiger charge is 2.07. The molecule has 0 atom stereocenters. The Kier molecular flexibility index (Phi) is 7.85. The van der Waals surface area contributed by atoms with Crippen molar-refractivity contribution in [2.45, 2.75) is 32.3 Å². The van der Waals surface area contributed by atoms with Crippen molar-refractivity contribution in [2.24, 2.45) is 0 Å². The van der Waals surface area contributed by atoms with Gasteiger partial charge in [0.15, 0.2) is 0 Å². The largest absolute Gasteiger partial charge is 0.489 e. The molecule has 4 rings (SSSR count). The van der Waals surface area contributed by atoms with Gasteiger partial charge in [-0.15, -0.1) is 0 Å². The van der Waals surface area contributed by atoms with Crippen LogP contribution in [0.1, 0.15) is 28.7 Å². The molecule has 33 heavy (non-hydrogen) atoms. The molecule has 0 unspecified atom stereocenters. The van der Waals surface area contributed by atoms with Gasteiger partial charge >= 0.3 is 0 Å². The summed E-state index contributed by atoms with van der Waals surface area (Å²) >= 11 is 0. The first kappa shape index (κ1) is 22.3. The summed E-state index contributed by atoms with van der Waals surface area (Å²) in [7, 11) is 0. The van der Waals surface area contributed by atoms with E-state index in [2.05, 4.69) is 46.7 Å². The molecular formula is C29H28N2O2. The number of nitrogens with one attached hydrogen (secondary N) is 1. The Labute approximate surface area is 195 Å². The first-order valence-electron chi connectivity index (χ1n) is 11.3. The van der Waals surface area contributed by atoms with Crippen molar-refractivity contribution in [1.82, 2.24) is 4.98 Å². The molecule has 1 amide bonds. The molecular weight excluding hydrogens is 408 g/mol. The van der Waals surface area contributed by atoms with E-state index < -0.39 is 0 Å². The molecule has 0 fully saturated rings. The van der Waals surface area contributed by atoms with Crippen LogP contribution in [0, 0.1) is 0 Å². The van der Waals surface area contributed by atoms with E-state index in [1.165, 1.54) is 11.1 Å². The molecule has 0 bridgehead atoms. The average molecular weight is 437 g/mol. The van der Waals surface area contributed by atoms with Crippen LogP contribution in [0.4, 0.5) is 5.69 Å². The number of pyridine rings is 1. The van der Waals surface area contributed by atoms with Crippen LogP contribution in [0.25, 0.3) is 0 Å². The van der Waals surface area contributed by atoms with Crippen LogP contribution >= 0.6 is 0 Å². The van der Waals surface area contributed by atoms with E-state index >= 15 is 0 Å². The van der Waals surface area contributed by atoms with Crippen LogP contribution in [0.15, 0.2) is 103 Å². The van der Waals surface area contributed by atoms with Crippen LogP contribution in [0.5, 0.6) is 5.75 Å². The van der Waals surface area contributed by atoms with Gasteiger partial charge in [0.05, 0.1) is 6.42 Å². The Balaban J connectivity index is 1.29. The van der Waals surface area contributed by atoms with Gasteiger partial charge in [0, 0.05) is 18.1 Å². The highest BCUT2D eigenvalue weighted by Crippen LogP contribution is 2.22. The molecule has 1 N–H and O–H groups in total. The summed E-state index contributed by atoms with van der Waals surface area (Å²) in [6.45, 7) is 0.568. The van der Waals surface area contributed by atoms with Crippen LogP contribution in [-0.4, -0.2) is 10.9 Å². The van der Waals surface area contributed by atoms with E-state index in [9.17, 15) is 4.79 Å². The lowest BCUT2D eigenvalue weighted by Gasteiger charge is -2.12. The fourth-order valence-corrected chi connectivity index (χ4v) is 3.77. The summed E-state index contributed by atoms with van der Waals surface area (Å²) < 4.78 is 6.09. The Morgan fingerprint density at radius 2 is 1.58 bits per heavy atom. The smallest absolute Gasteiger partial charge is 0.228 e. The molecule has 1 aromatic heterocycles. The van der Waals surface area contributed by atoms with Crippen molar-refractivity contribution in [1.29, 1.82) is 0 Å². The normalized spacial score (nSPS) is 10.5. The van der Waals surface area contributed by atoms with Gasteiger partial charge in [0.2, 0.25) is 5.91 Å². The van der Waals surface area contributed by atoms with E-state index in [0.29, 0.717) is 13.0 Å². The number of carbonyl (C=O) groups is 1. The van der Waals surface area contributed by atoms with E-state index in [4.69, 9.17) is 4.74 Å². The third-order valence-corrected chi connectivity index (χ3v) is 5.42. The second-order valence-corrected chi connectivity index (χ2v) is 8.02. The quantitative estimate of drug-likeness (QED) is 0.331. The summed E-state index contributed by atoms with van der Waals surface area (Å²) in [5.41, 5.74) is 5.31. The molecule has 0 aliphatic rings. The second kappa shape index (κ2) is 11.6. The number of nitrogens with zero attached hydrogens (tertiary/aromatic N) is 1. The van der Waals surface area contributed by atoms with Crippen molar-refractivity contribution in [3.8, 4) is 5.75 Å². The summed E-state index contributed by atoms with van der Waals surface area (Å²) in [5.74, 6) is 0.905. The minimum Gasteiger partial charge on any atom is -0.489 e. The first-order valence-corrected chi connectivity index (χ1v) is 11.3. The first-order chi connectivity index (χ1) is 16.3. The SMILES string of the molecule is O=C(Cc1cccnc1)Nc1cccc(CCCc2ccccc2OCc2ccccc2)c1. The second-order valence-electron chi connectivity index (χ2n) is 8.02. The number of para-hydroxylation sites is 1. The molecule has 4 nitrogen and oxygen atoms in total. The number of benzene rings is 3. The third kappa shape index (κ3) is 7.04. The maximum atomic E-state index is 12.3. The molecule has 0 saturated carbocycles. The van der Waals surface area contributed by atoms with Crippen LogP contribution in [-0.2, 0) is 30.7 Å². The zero-order valence-corrected chi connectivity index (χ0v) is 18.6. The highest BCUT2D eigenvalue weighted by molar-refractivity contribution is 5.92. The molecule has 0 aliphatic carbocycles. The predicted octanol–water partition coefficient (Wildman–Crippen LogP) is 6.02. The van der Waals surface area contributed by atoms with Gasteiger partial charge in [-0.25, -0.2) is 0 Å². The molecule has 1 heterocycles. The molecule has 166 valence electrons. The summed E-state index contributed by atoms with van der Waals surface area (Å²) in [6.07, 6.45) is 6.61. The lowest BCUT2D eigenvalue weighted by Crippen LogP contribution is -2.14. The molecule has 0 radical (unpaired) electrons. The van der Waals surface area contributed by atoms with Gasteiger partial charge in [-0.3, -0.25) is 9.78 Å². The Morgan fingerprint density at radius 3 is 2.42 bits per heavy atom. The van der Waals surface area contributed by atoms with E-state index in [1.807, 2.05) is 54.6 Å². The van der Waals surface area contributed by atoms with E-state index in [-0.39, 0.29) is 5.91 Å². The zero-order valence-electron chi connectivity index (χ0n) is 18.6. The molecule has 0 saturated heterocycles. The van der Waals surface area contributed by atoms with Crippen LogP contribution < -0.4 is 10.1 Å². The van der Waals surface area contributed by atoms with Crippen molar-refractivity contribution in [2.75, 3.05) is 5.32 Å². The average Bonchev–Trinajstić information content (AvgIpc) is 2.85. The van der Waals surface area contributed by atoms with Gasteiger partial charge in [-0.1, -0.05) is 66.7 Å². The number of hydrogen-bond acceptors (Lipinski definition) is 3. The lowest BCUT2D eigenvalue weighted by atomic mass is 10.0. The van der Waals surface area contributed by atoms with Crippen molar-refractivity contribution in [3.63, 3.8) is 0 Å². The maximum Gasteiger partial charge on any atom is 0.228 e. The topological polar surface area (TPSA) is 51.2 Å². The summed E-state index contributed by atoms with van der Waals surface area (Å²) in [4.78, 5) is 16.4. The number of aryl methyl sites for hydroxylation is 2. The van der Waals surface area contributed by atoms with Crippen LogP contribution in [0.2, 0.25) is 0 Å². The van der Waals surface area contributed by atoms with Crippen molar-refractivity contribution in [3.05, 3.63) is 126 Å². The minimum atomic E-state index is -0.0374. The summed E-state index contributed by atoms with van der Waals surface area (Å²) in [6, 6.07) is 30.3. The molecule has 4 heteroatoms. The molecule has 3 aromatic carbocycles. The predicted molar refractivity (Wildman–Crippen MR) is 132 cm³/mol. The Morgan fingerprint density at radius 1 is 0.788 bits per heavy atom. The standard InChI is InChI=1S/C29H28N2O2/c32-29(20-25-13-8-18-30-21-25)31-27-16-7-12-23(19-27)11-6-15-26-14-4-5-17-28(26)33-22-24-9-2-1-3-10-24/h1-5,7-10,12-14,16-19,21H,6,11,15,20,22H2,(H,31,32). The number of aromatic nitrogens is 1. The number of carbonyl (C=O) groups excluding carboxylic acids is 1. The number of rotatable bonds is 10. The highest BCUT2D eigenvalue weighted by atomic mass is 16.5. The van der Waals surface area contributed by atoms with Gasteiger partial charge < -0.3 is 10.1 Å². The Bertz CT molecular complexity index is 1160. The van der Waals surface area contributed by atoms with Crippen molar-refractivity contribution >= 4 is 11.6 Å². The monoisotopic (exact) mass is 436 g/mol.